The predicted molar refractivity (Wildman–Crippen MR) is 73.2 cm³/mol. The van der Waals surface area contributed by atoms with Gasteiger partial charge in [0.15, 0.2) is 5.96 Å². The highest BCUT2D eigenvalue weighted by Gasteiger charge is 2.36. The Labute approximate surface area is 121 Å². The number of carbonyl (C=O) groups is 3. The number of ether oxygens (including phenoxy) is 1. The van der Waals surface area contributed by atoms with Crippen LogP contribution in [0.4, 0.5) is 0 Å². The van der Waals surface area contributed by atoms with E-state index in [1.807, 2.05) is 0 Å². The maximum Gasteiger partial charge on any atom is 0.320 e. The number of nitrogens with two attached hydrogens (primary N) is 2. The summed E-state index contributed by atoms with van der Waals surface area (Å²) >= 11 is 0. The first-order valence-electron chi connectivity index (χ1n) is 6.53. The monoisotopic (exact) mass is 300 g/mol. The smallest absolute Gasteiger partial charge is 0.320 e. The molecule has 9 nitrogen and oxygen atoms in total. The van der Waals surface area contributed by atoms with E-state index in [4.69, 9.17) is 16.6 Å². The molecule has 0 aromatic rings. The lowest BCUT2D eigenvalue weighted by Crippen LogP contribution is -2.39. The summed E-state index contributed by atoms with van der Waals surface area (Å²) in [6, 6.07) is -0.932. The summed E-state index contributed by atoms with van der Waals surface area (Å²) in [5.74, 6) is -2.31. The number of aliphatic carboxylic acids is 1. The van der Waals surface area contributed by atoms with Crippen LogP contribution in [0, 0.1) is 5.92 Å². The second kappa shape index (κ2) is 7.58. The number of hydrogen-bond donors (Lipinski definition) is 3. The van der Waals surface area contributed by atoms with Crippen molar-refractivity contribution in [2.45, 2.75) is 25.3 Å². The number of methoxy groups -OCH3 is 1. The first-order chi connectivity index (χ1) is 9.86. The Bertz CT molecular complexity index is 451. The number of esters is 1. The van der Waals surface area contributed by atoms with Crippen molar-refractivity contribution in [2.24, 2.45) is 22.4 Å². The summed E-state index contributed by atoms with van der Waals surface area (Å²) in [4.78, 5) is 38.9. The van der Waals surface area contributed by atoms with E-state index in [1.165, 1.54) is 12.0 Å². The van der Waals surface area contributed by atoms with Crippen molar-refractivity contribution < 1.29 is 24.2 Å². The van der Waals surface area contributed by atoms with E-state index in [2.05, 4.69) is 9.73 Å². The van der Waals surface area contributed by atoms with Crippen molar-refractivity contribution >= 4 is 23.8 Å². The van der Waals surface area contributed by atoms with Gasteiger partial charge in [-0.25, -0.2) is 0 Å². The lowest BCUT2D eigenvalue weighted by Gasteiger charge is -2.15. The van der Waals surface area contributed by atoms with Crippen molar-refractivity contribution in [3.05, 3.63) is 0 Å². The Kier molecular flexibility index (Phi) is 6.10. The highest BCUT2D eigenvalue weighted by atomic mass is 16.5. The zero-order valence-electron chi connectivity index (χ0n) is 11.8. The van der Waals surface area contributed by atoms with Gasteiger partial charge in [-0.3, -0.25) is 24.3 Å². The number of carboxylic acid groups (broad SMARTS) is 1. The maximum atomic E-state index is 11.7. The molecule has 0 saturated carbocycles. The summed E-state index contributed by atoms with van der Waals surface area (Å²) in [7, 11) is 1.26. The van der Waals surface area contributed by atoms with Gasteiger partial charge in [-0.1, -0.05) is 0 Å². The number of nitrogens with zero attached hydrogens (tertiary/aromatic N) is 2. The van der Waals surface area contributed by atoms with Gasteiger partial charge < -0.3 is 21.3 Å². The number of amides is 1. The van der Waals surface area contributed by atoms with Crippen LogP contribution < -0.4 is 11.5 Å². The highest BCUT2D eigenvalue weighted by Crippen LogP contribution is 2.18. The third-order valence-corrected chi connectivity index (χ3v) is 3.20. The Balaban J connectivity index is 2.46. The molecule has 1 heterocycles. The van der Waals surface area contributed by atoms with E-state index >= 15 is 0 Å². The Morgan fingerprint density at radius 2 is 2.24 bits per heavy atom. The molecule has 0 radical (unpaired) electrons. The molecule has 1 saturated heterocycles. The van der Waals surface area contributed by atoms with E-state index in [0.717, 1.165) is 0 Å². The normalized spacial score (nSPS) is 20.5. The van der Waals surface area contributed by atoms with Crippen molar-refractivity contribution in [1.29, 1.82) is 0 Å². The second-order valence-corrected chi connectivity index (χ2v) is 4.76. The molecule has 1 aliphatic rings. The molecular weight excluding hydrogens is 280 g/mol. The van der Waals surface area contributed by atoms with Crippen LogP contribution in [0.15, 0.2) is 4.99 Å². The highest BCUT2D eigenvalue weighted by molar-refractivity contribution is 6.00. The lowest BCUT2D eigenvalue weighted by molar-refractivity contribution is -0.145. The summed E-state index contributed by atoms with van der Waals surface area (Å²) in [6.45, 7) is 0.412. The van der Waals surface area contributed by atoms with Crippen LogP contribution in [0.25, 0.3) is 0 Å². The fourth-order valence-corrected chi connectivity index (χ4v) is 1.97. The van der Waals surface area contributed by atoms with Gasteiger partial charge in [0.05, 0.1) is 13.0 Å². The molecule has 9 heteroatoms. The van der Waals surface area contributed by atoms with Crippen molar-refractivity contribution in [3.8, 4) is 0 Å². The number of carboxylic acids is 1. The average molecular weight is 300 g/mol. The Morgan fingerprint density at radius 1 is 1.57 bits per heavy atom. The predicted octanol–water partition coefficient (Wildman–Crippen LogP) is -1.49. The maximum absolute atomic E-state index is 11.7. The molecular formula is C12H20N4O5. The summed E-state index contributed by atoms with van der Waals surface area (Å²) in [5, 5.41) is 8.62. The standard InChI is InChI=1S/C12H20N4O5/c1-21-11(20)7-5-9(17)16(6-7)12(14)15-4-2-3-8(13)10(18)19/h7-8H,2-6,13H2,1H3,(H2,14,15)(H,18,19)/t7?,8-/m0/s1. The number of likely N-dealkylation sites (tertiary alicyclic amines) is 1. The van der Waals surface area contributed by atoms with E-state index < -0.39 is 23.9 Å². The van der Waals surface area contributed by atoms with Crippen LogP contribution in [0.3, 0.4) is 0 Å². The number of carbonyl (C=O) groups excluding carboxylic acids is 2. The Hall–Kier alpha value is -2.16. The number of hydrogen-bond acceptors (Lipinski definition) is 6. The molecule has 0 aromatic heterocycles. The van der Waals surface area contributed by atoms with Gasteiger partial charge in [0.2, 0.25) is 5.91 Å². The van der Waals surface area contributed by atoms with Crippen molar-refractivity contribution in [1.82, 2.24) is 4.90 Å². The first-order valence-corrected chi connectivity index (χ1v) is 6.53. The molecule has 1 unspecified atom stereocenters. The number of aliphatic imine (C=N–C) groups is 1. The first kappa shape index (κ1) is 16.9. The van der Waals surface area contributed by atoms with E-state index in [-0.39, 0.29) is 37.8 Å². The van der Waals surface area contributed by atoms with Gasteiger partial charge in [0, 0.05) is 19.5 Å². The quantitative estimate of drug-likeness (QED) is 0.234. The van der Waals surface area contributed by atoms with Crippen LogP contribution in [0.1, 0.15) is 19.3 Å². The van der Waals surface area contributed by atoms with Gasteiger partial charge in [-0.15, -0.1) is 0 Å². The van der Waals surface area contributed by atoms with Gasteiger partial charge in [0.1, 0.15) is 6.04 Å². The lowest BCUT2D eigenvalue weighted by atomic mass is 10.1. The summed E-state index contributed by atoms with van der Waals surface area (Å²) in [5.41, 5.74) is 11.1. The van der Waals surface area contributed by atoms with Crippen LogP contribution >= 0.6 is 0 Å². The van der Waals surface area contributed by atoms with Crippen LogP contribution in [0.2, 0.25) is 0 Å². The summed E-state index contributed by atoms with van der Waals surface area (Å²) < 4.78 is 4.59. The molecule has 0 bridgehead atoms. The zero-order valence-corrected chi connectivity index (χ0v) is 11.8. The largest absolute Gasteiger partial charge is 0.480 e. The van der Waals surface area contributed by atoms with Crippen LogP contribution in [-0.4, -0.2) is 60.1 Å². The van der Waals surface area contributed by atoms with Crippen LogP contribution in [-0.2, 0) is 19.1 Å². The molecule has 1 fully saturated rings. The molecule has 0 aromatic carbocycles. The zero-order chi connectivity index (χ0) is 16.0. The molecule has 2 atom stereocenters. The minimum absolute atomic E-state index is 0.0234. The van der Waals surface area contributed by atoms with Crippen molar-refractivity contribution in [3.63, 3.8) is 0 Å². The van der Waals surface area contributed by atoms with Crippen LogP contribution in [0.5, 0.6) is 0 Å². The minimum Gasteiger partial charge on any atom is -0.480 e. The fraction of sp³-hybridized carbons (Fsp3) is 0.667. The molecule has 1 aliphatic heterocycles. The molecule has 5 N–H and O–H groups in total. The number of rotatable bonds is 6. The molecule has 0 spiro atoms. The SMILES string of the molecule is COC(=O)C1CC(=O)N(C(N)=NCCC[C@H](N)C(=O)O)C1. The number of guanidine groups is 1. The second-order valence-electron chi connectivity index (χ2n) is 4.76. The van der Waals surface area contributed by atoms with E-state index in [9.17, 15) is 14.4 Å². The Morgan fingerprint density at radius 3 is 2.81 bits per heavy atom. The molecule has 0 aliphatic carbocycles. The molecule has 21 heavy (non-hydrogen) atoms. The molecule has 1 rings (SSSR count). The summed E-state index contributed by atoms with van der Waals surface area (Å²) in [6.07, 6.45) is 0.758. The van der Waals surface area contributed by atoms with E-state index in [0.29, 0.717) is 6.42 Å². The average Bonchev–Trinajstić information content (AvgIpc) is 2.84. The van der Waals surface area contributed by atoms with Gasteiger partial charge in [0.25, 0.3) is 0 Å². The van der Waals surface area contributed by atoms with Gasteiger partial charge in [-0.05, 0) is 12.8 Å². The topological polar surface area (TPSA) is 148 Å². The van der Waals surface area contributed by atoms with E-state index in [1.54, 1.807) is 0 Å². The third kappa shape index (κ3) is 4.71. The molecule has 1 amide bonds. The van der Waals surface area contributed by atoms with Crippen molar-refractivity contribution in [2.75, 3.05) is 20.2 Å². The third-order valence-electron chi connectivity index (χ3n) is 3.20. The van der Waals surface area contributed by atoms with Gasteiger partial charge in [-0.2, -0.15) is 0 Å². The molecule has 118 valence electrons. The fourth-order valence-electron chi connectivity index (χ4n) is 1.97. The van der Waals surface area contributed by atoms with Gasteiger partial charge >= 0.3 is 11.9 Å². The minimum atomic E-state index is -1.07.